The first-order chi connectivity index (χ1) is 18.1. The summed E-state index contributed by atoms with van der Waals surface area (Å²) in [7, 11) is 3.38. The van der Waals surface area contributed by atoms with Crippen LogP contribution in [-0.4, -0.2) is 90.0 Å². The third-order valence-corrected chi connectivity index (χ3v) is 7.70. The molecule has 9 heteroatoms. The molecule has 0 radical (unpaired) electrons. The molecule has 0 aliphatic carbocycles. The highest BCUT2D eigenvalue weighted by Crippen LogP contribution is 2.42. The van der Waals surface area contributed by atoms with Gasteiger partial charge in [-0.05, 0) is 38.1 Å². The molecule has 3 amide bonds. The average Bonchev–Trinajstić information content (AvgIpc) is 3.49. The predicted octanol–water partition coefficient (Wildman–Crippen LogP) is 3.26. The highest BCUT2D eigenvalue weighted by molar-refractivity contribution is 6.16. The molecule has 2 aromatic rings. The summed E-state index contributed by atoms with van der Waals surface area (Å²) in [6, 6.07) is 16.9. The lowest BCUT2D eigenvalue weighted by atomic mass is 10.1. The van der Waals surface area contributed by atoms with Crippen molar-refractivity contribution < 1.29 is 14.3 Å². The molecule has 4 aliphatic rings. The third-order valence-electron chi connectivity index (χ3n) is 7.70. The maximum Gasteiger partial charge on any atom is 0.328 e. The van der Waals surface area contributed by atoms with Gasteiger partial charge in [-0.1, -0.05) is 48.9 Å². The molecule has 2 aromatic carbocycles. The van der Waals surface area contributed by atoms with Crippen LogP contribution in [0.2, 0.25) is 0 Å². The summed E-state index contributed by atoms with van der Waals surface area (Å²) in [5.41, 5.74) is 2.72. The summed E-state index contributed by atoms with van der Waals surface area (Å²) in [5, 5.41) is 0. The lowest BCUT2D eigenvalue weighted by Gasteiger charge is -2.40. The van der Waals surface area contributed by atoms with Gasteiger partial charge in [-0.15, -0.1) is 0 Å². The van der Waals surface area contributed by atoms with Crippen molar-refractivity contribution in [3.8, 4) is 5.75 Å². The number of likely N-dealkylation sites (N-methyl/N-ethyl adjacent to an activating group) is 1. The van der Waals surface area contributed by atoms with E-state index < -0.39 is 12.2 Å². The molecule has 4 heterocycles. The number of aliphatic imine (C=N–C) groups is 1. The van der Waals surface area contributed by atoms with Gasteiger partial charge in [0.2, 0.25) is 5.96 Å². The number of rotatable bonds is 6. The van der Waals surface area contributed by atoms with Gasteiger partial charge >= 0.3 is 6.03 Å². The number of carbonyl (C=O) groups excluding carboxylic acids is 2. The van der Waals surface area contributed by atoms with E-state index >= 15 is 0 Å². The van der Waals surface area contributed by atoms with Gasteiger partial charge in [-0.25, -0.2) is 9.79 Å². The van der Waals surface area contributed by atoms with Crippen molar-refractivity contribution in [3.05, 3.63) is 66.4 Å². The van der Waals surface area contributed by atoms with Crippen LogP contribution in [0, 0.1) is 0 Å². The Hall–Kier alpha value is -3.85. The van der Waals surface area contributed by atoms with E-state index in [1.54, 1.807) is 19.1 Å². The molecular formula is C28H32N6O3. The number of benzene rings is 2. The minimum absolute atomic E-state index is 0.200. The van der Waals surface area contributed by atoms with Crippen molar-refractivity contribution in [3.63, 3.8) is 0 Å². The van der Waals surface area contributed by atoms with Gasteiger partial charge in [0.05, 0.1) is 18.5 Å². The number of anilines is 1. The minimum Gasteiger partial charge on any atom is -0.495 e. The molecule has 0 saturated carbocycles. The number of urea groups is 1. The van der Waals surface area contributed by atoms with Gasteiger partial charge in [0.1, 0.15) is 5.75 Å². The van der Waals surface area contributed by atoms with E-state index in [4.69, 9.17) is 9.73 Å². The van der Waals surface area contributed by atoms with Crippen LogP contribution < -0.4 is 9.64 Å². The summed E-state index contributed by atoms with van der Waals surface area (Å²) in [6.07, 6.45) is 4.98. The fourth-order valence-corrected chi connectivity index (χ4v) is 5.73. The number of hydrogen-bond acceptors (Lipinski definition) is 7. The molecule has 4 aliphatic heterocycles. The quantitative estimate of drug-likeness (QED) is 0.607. The Morgan fingerprint density at radius 1 is 0.946 bits per heavy atom. The van der Waals surface area contributed by atoms with Crippen molar-refractivity contribution in [1.29, 1.82) is 0 Å². The van der Waals surface area contributed by atoms with Crippen LogP contribution in [0.15, 0.2) is 65.8 Å². The fourth-order valence-electron chi connectivity index (χ4n) is 5.73. The normalized spacial score (nSPS) is 23.7. The van der Waals surface area contributed by atoms with Gasteiger partial charge in [-0.3, -0.25) is 19.5 Å². The first-order valence-corrected chi connectivity index (χ1v) is 13.0. The van der Waals surface area contributed by atoms with Crippen LogP contribution in [0.5, 0.6) is 5.75 Å². The highest BCUT2D eigenvalue weighted by atomic mass is 16.5. The number of hydrogen-bond donors (Lipinski definition) is 0. The average molecular weight is 501 g/mol. The van der Waals surface area contributed by atoms with Gasteiger partial charge in [0.25, 0.3) is 5.91 Å². The number of piperidine rings is 1. The monoisotopic (exact) mass is 500 g/mol. The number of likely N-dealkylation sites (tertiary alicyclic amines) is 1. The van der Waals surface area contributed by atoms with E-state index in [1.807, 2.05) is 70.6 Å². The van der Waals surface area contributed by atoms with Crippen molar-refractivity contribution in [1.82, 2.24) is 19.6 Å². The van der Waals surface area contributed by atoms with Crippen LogP contribution >= 0.6 is 0 Å². The third kappa shape index (κ3) is 3.94. The Morgan fingerprint density at radius 3 is 2.43 bits per heavy atom. The first kappa shape index (κ1) is 23.5. The number of ether oxygens (including phenoxy) is 1. The molecule has 2 fully saturated rings. The van der Waals surface area contributed by atoms with E-state index in [0.717, 1.165) is 30.0 Å². The number of fused-ring (bicyclic) bond motifs is 3. The van der Waals surface area contributed by atoms with Gasteiger partial charge in [-0.2, -0.15) is 0 Å². The SMILES string of the molecule is COc1ccccc1N1C(c2ccccc2)=CN2C1=NC1C2C(=O)N(CCN2CCCCC2)C(=O)N1C. The Balaban J connectivity index is 1.35. The number of methoxy groups -OCH3 is 1. The van der Waals surface area contributed by atoms with Gasteiger partial charge in [0, 0.05) is 31.9 Å². The molecule has 0 aromatic heterocycles. The lowest BCUT2D eigenvalue weighted by molar-refractivity contribution is -0.136. The van der Waals surface area contributed by atoms with Crippen LogP contribution in [0.3, 0.4) is 0 Å². The van der Waals surface area contributed by atoms with E-state index in [-0.39, 0.29) is 11.9 Å². The van der Waals surface area contributed by atoms with Crippen molar-refractivity contribution in [2.45, 2.75) is 31.5 Å². The zero-order valence-corrected chi connectivity index (χ0v) is 21.3. The zero-order valence-electron chi connectivity index (χ0n) is 21.3. The summed E-state index contributed by atoms with van der Waals surface area (Å²) >= 11 is 0. The van der Waals surface area contributed by atoms with Crippen LogP contribution in [0.4, 0.5) is 10.5 Å². The Labute approximate surface area is 217 Å². The summed E-state index contributed by atoms with van der Waals surface area (Å²) < 4.78 is 5.69. The Morgan fingerprint density at radius 2 is 1.68 bits per heavy atom. The molecule has 2 atom stereocenters. The van der Waals surface area contributed by atoms with Gasteiger partial charge in [0.15, 0.2) is 12.2 Å². The molecule has 2 saturated heterocycles. The maximum atomic E-state index is 13.9. The Kier molecular flexibility index (Phi) is 6.08. The van der Waals surface area contributed by atoms with Crippen LogP contribution in [0.1, 0.15) is 24.8 Å². The number of carbonyl (C=O) groups is 2. The number of nitrogens with zero attached hydrogens (tertiary/aromatic N) is 6. The highest BCUT2D eigenvalue weighted by Gasteiger charge is 2.55. The number of guanidine groups is 1. The standard InChI is InChI=1S/C28H32N6O3/c1-30-25-24(26(35)32(28(30)36)18-17-31-15-9-4-10-16-31)33-19-22(20-11-5-3-6-12-20)34(27(33)29-25)21-13-7-8-14-23(21)37-2/h3,5-8,11-14,19,24-25H,4,9-10,15-18H2,1-2H3. The molecule has 9 nitrogen and oxygen atoms in total. The van der Waals surface area contributed by atoms with E-state index in [9.17, 15) is 9.59 Å². The second-order valence-electron chi connectivity index (χ2n) is 9.87. The summed E-state index contributed by atoms with van der Waals surface area (Å²) in [5.74, 6) is 1.11. The molecule has 192 valence electrons. The fraction of sp³-hybridized carbons (Fsp3) is 0.393. The molecule has 6 rings (SSSR count). The van der Waals surface area contributed by atoms with E-state index in [1.165, 1.54) is 24.2 Å². The zero-order chi connectivity index (χ0) is 25.5. The molecule has 0 spiro atoms. The molecular weight excluding hydrogens is 468 g/mol. The molecule has 0 bridgehead atoms. The number of amides is 3. The predicted molar refractivity (Wildman–Crippen MR) is 142 cm³/mol. The summed E-state index contributed by atoms with van der Waals surface area (Å²) in [6.45, 7) is 3.14. The Bertz CT molecular complexity index is 1260. The second kappa shape index (κ2) is 9.55. The maximum absolute atomic E-state index is 13.9. The lowest BCUT2D eigenvalue weighted by Crippen LogP contribution is -2.65. The number of imide groups is 1. The van der Waals surface area contributed by atoms with Crippen molar-refractivity contribution >= 4 is 29.3 Å². The van der Waals surface area contributed by atoms with E-state index in [2.05, 4.69) is 4.90 Å². The first-order valence-electron chi connectivity index (χ1n) is 13.0. The molecule has 0 N–H and O–H groups in total. The van der Waals surface area contributed by atoms with Crippen LogP contribution in [0.25, 0.3) is 5.70 Å². The number of para-hydroxylation sites is 2. The van der Waals surface area contributed by atoms with Crippen molar-refractivity contribution in [2.24, 2.45) is 4.99 Å². The van der Waals surface area contributed by atoms with Crippen molar-refractivity contribution in [2.75, 3.05) is 45.2 Å². The largest absolute Gasteiger partial charge is 0.495 e. The van der Waals surface area contributed by atoms with Gasteiger partial charge < -0.3 is 14.5 Å². The molecule has 37 heavy (non-hydrogen) atoms. The van der Waals surface area contributed by atoms with Crippen LogP contribution in [-0.2, 0) is 4.79 Å². The summed E-state index contributed by atoms with van der Waals surface area (Å²) in [4.78, 5) is 41.4. The smallest absolute Gasteiger partial charge is 0.328 e. The minimum atomic E-state index is -0.613. The molecule has 2 unspecified atom stereocenters. The van der Waals surface area contributed by atoms with E-state index in [0.29, 0.717) is 24.8 Å². The topological polar surface area (TPSA) is 71.9 Å². The second-order valence-corrected chi connectivity index (χ2v) is 9.87.